The fourth-order valence-electron chi connectivity index (χ4n) is 2.90. The molecule has 5 nitrogen and oxygen atoms in total. The largest absolute Gasteiger partial charge is 0.468 e. The van der Waals surface area contributed by atoms with E-state index in [1.807, 2.05) is 6.33 Å². The number of fused-ring (bicyclic) bond motifs is 1. The van der Waals surface area contributed by atoms with Gasteiger partial charge in [0, 0.05) is 11.7 Å². The molecule has 0 spiro atoms. The first kappa shape index (κ1) is 14.1. The van der Waals surface area contributed by atoms with Gasteiger partial charge in [0.15, 0.2) is 0 Å². The first-order valence-electron chi connectivity index (χ1n) is 6.87. The topological polar surface area (TPSA) is 70.1 Å². The number of methoxy groups -OCH3 is 1. The van der Waals surface area contributed by atoms with Gasteiger partial charge >= 0.3 is 5.97 Å². The fraction of sp³-hybridized carbons (Fsp3) is 0.714. The number of nitrogens with zero attached hydrogens (tertiary/aromatic N) is 2. The molecule has 0 amide bonds. The average Bonchev–Trinajstić information content (AvgIpc) is 2.81. The van der Waals surface area contributed by atoms with Gasteiger partial charge in [-0.15, -0.1) is 0 Å². The lowest BCUT2D eigenvalue weighted by molar-refractivity contribution is -0.147. The molecule has 0 saturated heterocycles. The first-order chi connectivity index (χ1) is 8.95. The van der Waals surface area contributed by atoms with Gasteiger partial charge in [-0.25, -0.2) is 4.98 Å². The van der Waals surface area contributed by atoms with Gasteiger partial charge in [-0.3, -0.25) is 4.79 Å². The number of ether oxygens (including phenoxy) is 1. The molecule has 0 saturated carbocycles. The minimum absolute atomic E-state index is 0.142. The first-order valence-corrected chi connectivity index (χ1v) is 6.87. The molecule has 0 radical (unpaired) electrons. The van der Waals surface area contributed by atoms with E-state index in [1.54, 1.807) is 6.92 Å². The van der Waals surface area contributed by atoms with Crippen molar-refractivity contribution < 1.29 is 9.53 Å². The average molecular weight is 265 g/mol. The van der Waals surface area contributed by atoms with Crippen molar-refractivity contribution in [3.63, 3.8) is 0 Å². The van der Waals surface area contributed by atoms with Gasteiger partial charge in [0.05, 0.1) is 19.1 Å². The van der Waals surface area contributed by atoms with Gasteiger partial charge in [-0.05, 0) is 46.0 Å². The van der Waals surface area contributed by atoms with Crippen LogP contribution in [0.1, 0.15) is 50.5 Å². The molecule has 1 aliphatic rings. The van der Waals surface area contributed by atoms with Crippen molar-refractivity contribution in [1.82, 2.24) is 9.55 Å². The van der Waals surface area contributed by atoms with Gasteiger partial charge in [-0.2, -0.15) is 0 Å². The van der Waals surface area contributed by atoms with Gasteiger partial charge in [0.2, 0.25) is 0 Å². The van der Waals surface area contributed by atoms with Crippen LogP contribution in [0.15, 0.2) is 6.33 Å². The summed E-state index contributed by atoms with van der Waals surface area (Å²) < 4.78 is 6.93. The second kappa shape index (κ2) is 5.33. The van der Waals surface area contributed by atoms with E-state index >= 15 is 0 Å². The summed E-state index contributed by atoms with van der Waals surface area (Å²) in [7, 11) is 1.37. The van der Waals surface area contributed by atoms with Crippen LogP contribution in [0.25, 0.3) is 0 Å². The van der Waals surface area contributed by atoms with Crippen LogP contribution >= 0.6 is 0 Å². The van der Waals surface area contributed by atoms with Gasteiger partial charge in [0.25, 0.3) is 0 Å². The van der Waals surface area contributed by atoms with E-state index in [0.29, 0.717) is 6.42 Å². The molecule has 19 heavy (non-hydrogen) atoms. The van der Waals surface area contributed by atoms with Crippen LogP contribution in [0.4, 0.5) is 0 Å². The summed E-state index contributed by atoms with van der Waals surface area (Å²) in [5.41, 5.74) is 7.60. The predicted molar refractivity (Wildman–Crippen MR) is 72.8 cm³/mol. The number of hydrogen-bond acceptors (Lipinski definition) is 4. The summed E-state index contributed by atoms with van der Waals surface area (Å²) in [6.07, 6.45) is 6.99. The summed E-state index contributed by atoms with van der Waals surface area (Å²) in [5.74, 6) is -0.367. The second-order valence-electron chi connectivity index (χ2n) is 5.71. The molecule has 1 aliphatic carbocycles. The van der Waals surface area contributed by atoms with Crippen molar-refractivity contribution in [3.05, 3.63) is 17.7 Å². The Bertz CT molecular complexity index is 465. The maximum atomic E-state index is 11.7. The van der Waals surface area contributed by atoms with Crippen LogP contribution < -0.4 is 5.73 Å². The third-order valence-electron chi connectivity index (χ3n) is 3.91. The Hall–Kier alpha value is -1.36. The second-order valence-corrected chi connectivity index (χ2v) is 5.71. The summed E-state index contributed by atoms with van der Waals surface area (Å²) >= 11 is 0. The van der Waals surface area contributed by atoms with Crippen molar-refractivity contribution in [2.24, 2.45) is 5.73 Å². The molecule has 2 rings (SSSR count). The van der Waals surface area contributed by atoms with Crippen molar-refractivity contribution in [3.8, 4) is 0 Å². The van der Waals surface area contributed by atoms with Crippen molar-refractivity contribution >= 4 is 5.97 Å². The molecule has 0 fully saturated rings. The maximum absolute atomic E-state index is 11.7. The van der Waals surface area contributed by atoms with Gasteiger partial charge in [0.1, 0.15) is 5.54 Å². The molecule has 1 aromatic heterocycles. The number of esters is 1. The molecular weight excluding hydrogens is 242 g/mol. The third kappa shape index (κ3) is 2.81. The van der Waals surface area contributed by atoms with Crippen LogP contribution in [0.3, 0.4) is 0 Å². The quantitative estimate of drug-likeness (QED) is 0.840. The lowest BCUT2D eigenvalue weighted by Gasteiger charge is -2.27. The molecule has 2 N–H and O–H groups in total. The minimum Gasteiger partial charge on any atom is -0.468 e. The Labute approximate surface area is 114 Å². The normalized spacial score (nSPS) is 19.4. The van der Waals surface area contributed by atoms with E-state index in [4.69, 9.17) is 10.5 Å². The summed E-state index contributed by atoms with van der Waals surface area (Å²) in [6.45, 7) is 3.79. The van der Waals surface area contributed by atoms with E-state index in [2.05, 4.69) is 16.5 Å². The van der Waals surface area contributed by atoms with Crippen LogP contribution in [-0.2, 0) is 22.4 Å². The highest BCUT2D eigenvalue weighted by molar-refractivity contribution is 5.79. The summed E-state index contributed by atoms with van der Waals surface area (Å²) in [4.78, 5) is 16.1. The lowest BCUT2D eigenvalue weighted by atomic mass is 9.94. The van der Waals surface area contributed by atoms with E-state index in [9.17, 15) is 4.79 Å². The molecule has 0 aliphatic heterocycles. The number of carbonyl (C=O) groups excluding carboxylic acids is 1. The number of aryl methyl sites for hydroxylation is 1. The highest BCUT2D eigenvalue weighted by Gasteiger charge is 2.32. The van der Waals surface area contributed by atoms with Gasteiger partial charge in [-0.1, -0.05) is 0 Å². The van der Waals surface area contributed by atoms with E-state index in [0.717, 1.165) is 12.8 Å². The third-order valence-corrected chi connectivity index (χ3v) is 3.91. The van der Waals surface area contributed by atoms with Crippen LogP contribution in [-0.4, -0.2) is 28.2 Å². The molecule has 2 atom stereocenters. The van der Waals surface area contributed by atoms with E-state index in [-0.39, 0.29) is 12.0 Å². The number of hydrogen-bond donors (Lipinski definition) is 1. The number of rotatable bonds is 4. The number of imidazole rings is 1. The predicted octanol–water partition coefficient (Wildman–Crippen LogP) is 1.60. The Morgan fingerprint density at radius 2 is 2.26 bits per heavy atom. The minimum atomic E-state index is -0.958. The maximum Gasteiger partial charge on any atom is 0.325 e. The Kier molecular flexibility index (Phi) is 3.94. The van der Waals surface area contributed by atoms with Crippen molar-refractivity contribution in [1.29, 1.82) is 0 Å². The molecule has 5 heteroatoms. The molecule has 1 heterocycles. The summed E-state index contributed by atoms with van der Waals surface area (Å²) in [5, 5.41) is 0. The zero-order valence-corrected chi connectivity index (χ0v) is 12.0. The zero-order chi connectivity index (χ0) is 14.0. The molecule has 0 aromatic carbocycles. The number of nitrogens with two attached hydrogens (primary N) is 1. The molecule has 1 aromatic rings. The monoisotopic (exact) mass is 265 g/mol. The number of carbonyl (C=O) groups is 1. The standard InChI is InChI=1S/C14H23N3O2/c1-10(8-14(2,15)13(18)19-3)17-9-16-11-6-4-5-7-12(11)17/h9-10H,4-8,15H2,1-3H3. The van der Waals surface area contributed by atoms with Crippen LogP contribution in [0, 0.1) is 0 Å². The lowest BCUT2D eigenvalue weighted by Crippen LogP contribution is -2.47. The Morgan fingerprint density at radius 3 is 2.95 bits per heavy atom. The van der Waals surface area contributed by atoms with Gasteiger partial charge < -0.3 is 15.0 Å². The van der Waals surface area contributed by atoms with Crippen molar-refractivity contribution in [2.45, 2.75) is 57.5 Å². The summed E-state index contributed by atoms with van der Waals surface area (Å²) in [6, 6.07) is 0.142. The molecular formula is C14H23N3O2. The Balaban J connectivity index is 2.14. The number of aromatic nitrogens is 2. The highest BCUT2D eigenvalue weighted by Crippen LogP contribution is 2.26. The fourth-order valence-corrected chi connectivity index (χ4v) is 2.90. The molecule has 2 unspecified atom stereocenters. The smallest absolute Gasteiger partial charge is 0.325 e. The van der Waals surface area contributed by atoms with E-state index in [1.165, 1.54) is 31.3 Å². The van der Waals surface area contributed by atoms with E-state index < -0.39 is 5.54 Å². The molecule has 0 bridgehead atoms. The Morgan fingerprint density at radius 1 is 1.58 bits per heavy atom. The zero-order valence-electron chi connectivity index (χ0n) is 12.0. The molecule has 106 valence electrons. The van der Waals surface area contributed by atoms with Crippen LogP contribution in [0.5, 0.6) is 0 Å². The highest BCUT2D eigenvalue weighted by atomic mass is 16.5. The SMILES string of the molecule is COC(=O)C(C)(N)CC(C)n1cnc2c1CCCC2. The van der Waals surface area contributed by atoms with Crippen LogP contribution in [0.2, 0.25) is 0 Å². The van der Waals surface area contributed by atoms with Crippen molar-refractivity contribution in [2.75, 3.05) is 7.11 Å².